The minimum atomic E-state index is -4.25. The normalized spacial score (nSPS) is 29.1. The van der Waals surface area contributed by atoms with Crippen LogP contribution >= 0.6 is 0 Å². The number of ether oxygens (including phenoxy) is 1. The lowest BCUT2D eigenvalue weighted by molar-refractivity contribution is -0.143. The Morgan fingerprint density at radius 1 is 1.10 bits per heavy atom. The third-order valence-corrected chi connectivity index (χ3v) is 11.0. The van der Waals surface area contributed by atoms with Gasteiger partial charge >= 0.3 is 19.3 Å². The summed E-state index contributed by atoms with van der Waals surface area (Å²) in [5.74, 6) is 0.891. The maximum Gasteiger partial charge on any atom is 0.495 e. The molecule has 3 aliphatic heterocycles. The predicted octanol–water partition coefficient (Wildman–Crippen LogP) is 5.44. The number of amides is 2. The number of aryl methyl sites for hydroxylation is 1. The third kappa shape index (κ3) is 7.82. The van der Waals surface area contributed by atoms with Gasteiger partial charge in [-0.2, -0.15) is 13.2 Å². The van der Waals surface area contributed by atoms with Gasteiger partial charge in [0.25, 0.3) is 0 Å². The number of aromatic nitrogens is 1. The summed E-state index contributed by atoms with van der Waals surface area (Å²) in [4.78, 5) is 21.7. The van der Waals surface area contributed by atoms with Crippen LogP contribution in [0.4, 0.5) is 35.3 Å². The van der Waals surface area contributed by atoms with Crippen molar-refractivity contribution in [2.24, 2.45) is 5.92 Å². The number of nitrogens with zero attached hydrogens (tertiary/aromatic N) is 3. The number of pyridine rings is 1. The standard InChI is InChI=1S/C35H49BF3N5O5/c1-22-7-8-26(41-31(45)44-10-9-24(21-44)18-35(37,38)39)17-28(22)36-48-32(3,4)34(6,49-36)23(2)25-15-29(40-27-19-33(5,46)20-27)42-30(16-25)43-11-13-47-14-12-43/h7-8,15-17,23-24,27,46H,9-14,18-21H2,1-6H3,(H,40,42)(H,41,45)/t23?,24-,27-,33-,34?/m0/s1. The van der Waals surface area contributed by atoms with Crippen molar-refractivity contribution in [3.8, 4) is 0 Å². The fourth-order valence-corrected chi connectivity index (χ4v) is 7.66. The molecule has 49 heavy (non-hydrogen) atoms. The maximum atomic E-state index is 13.0. The van der Waals surface area contributed by atoms with Crippen molar-refractivity contribution >= 4 is 35.9 Å². The molecule has 4 aliphatic rings. The Kier molecular flexibility index (Phi) is 9.66. The molecule has 0 spiro atoms. The minimum Gasteiger partial charge on any atom is -0.399 e. The molecule has 4 fully saturated rings. The Labute approximate surface area is 287 Å². The van der Waals surface area contributed by atoms with Gasteiger partial charge in [0.1, 0.15) is 11.6 Å². The van der Waals surface area contributed by atoms with Gasteiger partial charge in [-0.25, -0.2) is 9.78 Å². The number of rotatable bonds is 8. The second-order valence-electron chi connectivity index (χ2n) is 15.3. The van der Waals surface area contributed by atoms with E-state index >= 15 is 0 Å². The Hall–Kier alpha value is -3.07. The van der Waals surface area contributed by atoms with Crippen molar-refractivity contribution in [2.75, 3.05) is 54.9 Å². The lowest BCUT2D eigenvalue weighted by atomic mass is 9.74. The van der Waals surface area contributed by atoms with Gasteiger partial charge in [0.2, 0.25) is 0 Å². The van der Waals surface area contributed by atoms with Crippen molar-refractivity contribution < 1.29 is 37.1 Å². The number of hydrogen-bond donors (Lipinski definition) is 3. The van der Waals surface area contributed by atoms with Crippen LogP contribution in [0.15, 0.2) is 30.3 Å². The zero-order chi connectivity index (χ0) is 35.4. The van der Waals surface area contributed by atoms with E-state index < -0.39 is 48.5 Å². The highest BCUT2D eigenvalue weighted by atomic mass is 19.4. The number of morpholine rings is 1. The van der Waals surface area contributed by atoms with Gasteiger partial charge in [-0.1, -0.05) is 18.6 Å². The summed E-state index contributed by atoms with van der Waals surface area (Å²) in [6.07, 6.45) is -3.50. The number of benzene rings is 1. The van der Waals surface area contributed by atoms with Gasteiger partial charge in [-0.05, 0) is 95.1 Å². The lowest BCUT2D eigenvalue weighted by Gasteiger charge is -2.43. The quantitative estimate of drug-likeness (QED) is 0.315. The van der Waals surface area contributed by atoms with E-state index in [4.69, 9.17) is 19.0 Å². The highest BCUT2D eigenvalue weighted by molar-refractivity contribution is 6.62. The third-order valence-electron chi connectivity index (χ3n) is 11.0. The molecule has 0 bridgehead atoms. The smallest absolute Gasteiger partial charge is 0.399 e. The molecule has 1 aromatic carbocycles. The first kappa shape index (κ1) is 35.8. The fraction of sp³-hybridized carbons (Fsp3) is 0.657. The van der Waals surface area contributed by atoms with Gasteiger partial charge in [0.15, 0.2) is 0 Å². The lowest BCUT2D eigenvalue weighted by Crippen LogP contribution is -2.49. The Balaban J connectivity index is 1.20. The van der Waals surface area contributed by atoms with Crippen molar-refractivity contribution in [1.82, 2.24) is 9.88 Å². The number of nitrogens with one attached hydrogen (secondary N) is 2. The van der Waals surface area contributed by atoms with Crippen LogP contribution in [0.1, 0.15) is 77.3 Å². The van der Waals surface area contributed by atoms with E-state index in [1.807, 2.05) is 39.8 Å². The van der Waals surface area contributed by atoms with Gasteiger partial charge in [0.05, 0.1) is 30.0 Å². The number of urea groups is 1. The molecule has 0 radical (unpaired) electrons. The number of aliphatic hydroxyl groups is 1. The first-order valence-electron chi connectivity index (χ1n) is 17.3. The van der Waals surface area contributed by atoms with Crippen LogP contribution in [0.2, 0.25) is 0 Å². The highest BCUT2D eigenvalue weighted by Gasteiger charge is 2.58. The first-order valence-corrected chi connectivity index (χ1v) is 17.3. The molecule has 10 nitrogen and oxygen atoms in total. The number of carbonyl (C=O) groups is 1. The average molecular weight is 688 g/mol. The van der Waals surface area contributed by atoms with E-state index in [0.717, 1.165) is 41.3 Å². The van der Waals surface area contributed by atoms with Gasteiger partial charge in [-0.15, -0.1) is 0 Å². The van der Waals surface area contributed by atoms with Crippen molar-refractivity contribution in [1.29, 1.82) is 0 Å². The van der Waals surface area contributed by atoms with Crippen molar-refractivity contribution in [2.45, 2.75) is 102 Å². The Bertz CT molecular complexity index is 1530. The van der Waals surface area contributed by atoms with Gasteiger partial charge in [0, 0.05) is 50.2 Å². The van der Waals surface area contributed by atoms with E-state index in [0.29, 0.717) is 38.2 Å². The van der Waals surface area contributed by atoms with Crippen LogP contribution in [0, 0.1) is 12.8 Å². The number of alkyl halides is 3. The summed E-state index contributed by atoms with van der Waals surface area (Å²) in [7, 11) is -0.724. The van der Waals surface area contributed by atoms with Gasteiger partial charge < -0.3 is 39.6 Å². The summed E-state index contributed by atoms with van der Waals surface area (Å²) >= 11 is 0. The molecule has 3 saturated heterocycles. The monoisotopic (exact) mass is 687 g/mol. The minimum absolute atomic E-state index is 0.0737. The largest absolute Gasteiger partial charge is 0.495 e. The number of hydrogen-bond acceptors (Lipinski definition) is 8. The molecule has 3 atom stereocenters. The van der Waals surface area contributed by atoms with Crippen LogP contribution < -0.4 is 21.0 Å². The zero-order valence-corrected chi connectivity index (χ0v) is 29.3. The SMILES string of the molecule is Cc1ccc(NC(=O)N2CC[C@@H](CC(F)(F)F)C2)cc1B1OC(C)(C)C(C)(C(C)c2cc(N[C@H]3C[C@](C)(O)C3)nc(N3CCOCC3)c2)O1. The van der Waals surface area contributed by atoms with Crippen molar-refractivity contribution in [3.05, 3.63) is 41.5 Å². The van der Waals surface area contributed by atoms with E-state index in [1.165, 1.54) is 4.90 Å². The molecule has 6 rings (SSSR count). The van der Waals surface area contributed by atoms with Crippen LogP contribution in [-0.2, 0) is 14.0 Å². The second-order valence-corrected chi connectivity index (χ2v) is 15.3. The second kappa shape index (κ2) is 13.2. The molecule has 14 heteroatoms. The summed E-state index contributed by atoms with van der Waals surface area (Å²) in [5.41, 5.74) is 1.07. The molecule has 268 valence electrons. The molecule has 1 aliphatic carbocycles. The number of likely N-dealkylation sites (tertiary alicyclic amines) is 1. The van der Waals surface area contributed by atoms with Crippen LogP contribution in [0.25, 0.3) is 0 Å². The summed E-state index contributed by atoms with van der Waals surface area (Å²) in [6, 6.07) is 9.39. The topological polar surface area (TPSA) is 108 Å². The molecule has 2 unspecified atom stereocenters. The van der Waals surface area contributed by atoms with E-state index in [-0.39, 0.29) is 25.0 Å². The molecule has 1 saturated carbocycles. The van der Waals surface area contributed by atoms with Crippen LogP contribution in [-0.4, -0.2) is 96.6 Å². The highest BCUT2D eigenvalue weighted by Crippen LogP contribution is 2.47. The molecule has 2 amide bonds. The molecular weight excluding hydrogens is 638 g/mol. The summed E-state index contributed by atoms with van der Waals surface area (Å²) < 4.78 is 57.8. The predicted molar refractivity (Wildman–Crippen MR) is 184 cm³/mol. The number of anilines is 3. The van der Waals surface area contributed by atoms with E-state index in [9.17, 15) is 23.1 Å². The summed E-state index contributed by atoms with van der Waals surface area (Å²) in [5, 5.41) is 16.7. The summed E-state index contributed by atoms with van der Waals surface area (Å²) in [6.45, 7) is 15.2. The maximum absolute atomic E-state index is 13.0. The number of carbonyl (C=O) groups excluding carboxylic acids is 1. The molecular formula is C35H49BF3N5O5. The van der Waals surface area contributed by atoms with Crippen LogP contribution in [0.3, 0.4) is 0 Å². The molecule has 1 aromatic heterocycles. The molecule has 4 heterocycles. The van der Waals surface area contributed by atoms with Gasteiger partial charge in [-0.3, -0.25) is 0 Å². The Morgan fingerprint density at radius 2 is 1.82 bits per heavy atom. The van der Waals surface area contributed by atoms with Crippen LogP contribution in [0.5, 0.6) is 0 Å². The van der Waals surface area contributed by atoms with Crippen molar-refractivity contribution in [3.63, 3.8) is 0 Å². The average Bonchev–Trinajstić information content (AvgIpc) is 3.57. The molecule has 2 aromatic rings. The number of halogens is 3. The zero-order valence-electron chi connectivity index (χ0n) is 29.3. The van der Waals surface area contributed by atoms with E-state index in [1.54, 1.807) is 6.07 Å². The fourth-order valence-electron chi connectivity index (χ4n) is 7.66. The Morgan fingerprint density at radius 3 is 2.49 bits per heavy atom. The van der Waals surface area contributed by atoms with E-state index in [2.05, 4.69) is 41.5 Å². The molecule has 3 N–H and O–H groups in total. The first-order chi connectivity index (χ1) is 22.9.